The lowest BCUT2D eigenvalue weighted by Gasteiger charge is -2.02. The minimum Gasteiger partial charge on any atom is -0.322 e. The van der Waals surface area contributed by atoms with Crippen molar-refractivity contribution < 1.29 is 0 Å². The number of rotatable bonds is 3. The van der Waals surface area contributed by atoms with E-state index in [1.54, 1.807) is 6.07 Å². The first-order valence-corrected chi connectivity index (χ1v) is 6.30. The van der Waals surface area contributed by atoms with E-state index in [0.29, 0.717) is 0 Å². The van der Waals surface area contributed by atoms with Crippen molar-refractivity contribution in [2.45, 2.75) is 6.42 Å². The highest BCUT2D eigenvalue weighted by molar-refractivity contribution is 7.98. The van der Waals surface area contributed by atoms with Crippen molar-refractivity contribution in [3.8, 4) is 0 Å². The van der Waals surface area contributed by atoms with Crippen LogP contribution in [0.2, 0.25) is 0 Å². The van der Waals surface area contributed by atoms with Gasteiger partial charge in [0.2, 0.25) is 5.56 Å². The molecule has 0 amide bonds. The molecule has 1 aromatic carbocycles. The average Bonchev–Trinajstić information content (AvgIpc) is 2.26. The summed E-state index contributed by atoms with van der Waals surface area (Å²) in [6.45, 7) is 0. The molecule has 0 unspecified atom stereocenters. The molecule has 0 aliphatic carbocycles. The van der Waals surface area contributed by atoms with Gasteiger partial charge < -0.3 is 4.98 Å². The molecular formula is C12H13NOS. The van der Waals surface area contributed by atoms with Crippen LogP contribution in [-0.2, 0) is 6.42 Å². The number of aromatic amines is 1. The minimum absolute atomic E-state index is 0.0423. The molecule has 2 rings (SSSR count). The zero-order valence-corrected chi connectivity index (χ0v) is 9.43. The molecule has 2 nitrogen and oxygen atoms in total. The Balaban J connectivity index is 2.39. The molecule has 1 heterocycles. The van der Waals surface area contributed by atoms with E-state index in [4.69, 9.17) is 0 Å². The molecule has 0 aliphatic heterocycles. The topological polar surface area (TPSA) is 32.9 Å². The van der Waals surface area contributed by atoms with Crippen LogP contribution in [0.1, 0.15) is 5.56 Å². The lowest BCUT2D eigenvalue weighted by Crippen LogP contribution is -2.02. The summed E-state index contributed by atoms with van der Waals surface area (Å²) in [5.74, 6) is 1.13. The normalized spacial score (nSPS) is 10.7. The first-order chi connectivity index (χ1) is 7.29. The molecule has 1 N–H and O–H groups in total. The summed E-state index contributed by atoms with van der Waals surface area (Å²) in [7, 11) is 0. The largest absolute Gasteiger partial charge is 0.322 e. The summed E-state index contributed by atoms with van der Waals surface area (Å²) in [4.78, 5) is 13.9. The Kier molecular flexibility index (Phi) is 3.11. The number of thioether (sulfide) groups is 1. The van der Waals surface area contributed by atoms with Crippen molar-refractivity contribution in [3.05, 3.63) is 46.2 Å². The molecule has 0 fully saturated rings. The van der Waals surface area contributed by atoms with Gasteiger partial charge in [-0.15, -0.1) is 0 Å². The van der Waals surface area contributed by atoms with Crippen molar-refractivity contribution in [1.82, 2.24) is 4.98 Å². The fraction of sp³-hybridized carbons (Fsp3) is 0.250. The number of H-pyrrole nitrogens is 1. The highest BCUT2D eigenvalue weighted by atomic mass is 32.2. The van der Waals surface area contributed by atoms with E-state index in [1.807, 2.05) is 23.9 Å². The van der Waals surface area contributed by atoms with E-state index in [-0.39, 0.29) is 5.56 Å². The van der Waals surface area contributed by atoms with Gasteiger partial charge in [-0.2, -0.15) is 11.8 Å². The number of fused-ring (bicyclic) bond motifs is 1. The van der Waals surface area contributed by atoms with E-state index >= 15 is 0 Å². The molecule has 0 saturated heterocycles. The van der Waals surface area contributed by atoms with Gasteiger partial charge in [0.1, 0.15) is 0 Å². The molecule has 0 radical (unpaired) electrons. The number of nitrogens with one attached hydrogen (secondary N) is 1. The van der Waals surface area contributed by atoms with Crippen molar-refractivity contribution >= 4 is 22.7 Å². The van der Waals surface area contributed by atoms with E-state index in [9.17, 15) is 4.79 Å². The second-order valence-electron chi connectivity index (χ2n) is 3.49. The number of pyridine rings is 1. The van der Waals surface area contributed by atoms with E-state index in [1.165, 1.54) is 5.56 Å². The zero-order chi connectivity index (χ0) is 10.7. The molecular weight excluding hydrogens is 206 g/mol. The van der Waals surface area contributed by atoms with Gasteiger partial charge in [0, 0.05) is 11.6 Å². The molecule has 0 saturated carbocycles. The minimum atomic E-state index is -0.0423. The fourth-order valence-corrected chi connectivity index (χ4v) is 2.02. The number of benzene rings is 1. The van der Waals surface area contributed by atoms with Crippen molar-refractivity contribution in [1.29, 1.82) is 0 Å². The SMILES string of the molecule is CSCCc1ccc2[nH]c(=O)ccc2c1. The van der Waals surface area contributed by atoms with Crippen LogP contribution in [-0.4, -0.2) is 17.0 Å². The third-order valence-electron chi connectivity index (χ3n) is 2.38. The molecule has 0 bridgehead atoms. The molecule has 78 valence electrons. The van der Waals surface area contributed by atoms with Crippen LogP contribution in [0.5, 0.6) is 0 Å². The van der Waals surface area contributed by atoms with Crippen LogP contribution in [0.4, 0.5) is 0 Å². The molecule has 0 aliphatic rings. The molecule has 0 atom stereocenters. The van der Waals surface area contributed by atoms with Gasteiger partial charge in [-0.1, -0.05) is 6.07 Å². The fourth-order valence-electron chi connectivity index (χ4n) is 1.58. The van der Waals surface area contributed by atoms with Crippen molar-refractivity contribution in [3.63, 3.8) is 0 Å². The van der Waals surface area contributed by atoms with Gasteiger partial charge in [0.15, 0.2) is 0 Å². The molecule has 1 aromatic heterocycles. The first-order valence-electron chi connectivity index (χ1n) is 4.90. The van der Waals surface area contributed by atoms with Crippen LogP contribution in [0.3, 0.4) is 0 Å². The van der Waals surface area contributed by atoms with Gasteiger partial charge in [0.25, 0.3) is 0 Å². The predicted molar refractivity (Wildman–Crippen MR) is 66.7 cm³/mol. The van der Waals surface area contributed by atoms with Crippen LogP contribution in [0, 0.1) is 0 Å². The van der Waals surface area contributed by atoms with Gasteiger partial charge in [-0.25, -0.2) is 0 Å². The second-order valence-corrected chi connectivity index (χ2v) is 4.47. The van der Waals surface area contributed by atoms with Crippen LogP contribution < -0.4 is 5.56 Å². The lowest BCUT2D eigenvalue weighted by atomic mass is 10.1. The molecule has 15 heavy (non-hydrogen) atoms. The monoisotopic (exact) mass is 219 g/mol. The van der Waals surface area contributed by atoms with Gasteiger partial charge in [0.05, 0.1) is 0 Å². The lowest BCUT2D eigenvalue weighted by molar-refractivity contribution is 1.16. The van der Waals surface area contributed by atoms with Crippen LogP contribution in [0.15, 0.2) is 35.1 Å². The smallest absolute Gasteiger partial charge is 0.248 e. The second kappa shape index (κ2) is 4.53. The third kappa shape index (κ3) is 2.42. The molecule has 3 heteroatoms. The van der Waals surface area contributed by atoms with Gasteiger partial charge in [-0.3, -0.25) is 4.79 Å². The molecule has 0 spiro atoms. The maximum absolute atomic E-state index is 11.1. The van der Waals surface area contributed by atoms with Crippen molar-refractivity contribution in [2.24, 2.45) is 0 Å². The zero-order valence-electron chi connectivity index (χ0n) is 8.62. The summed E-state index contributed by atoms with van der Waals surface area (Å²) >= 11 is 1.85. The Bertz CT molecular complexity index is 518. The Labute approximate surface area is 92.7 Å². The van der Waals surface area contributed by atoms with Crippen LogP contribution >= 0.6 is 11.8 Å². The number of hydrogen-bond acceptors (Lipinski definition) is 2. The molecule has 2 aromatic rings. The maximum atomic E-state index is 11.1. The summed E-state index contributed by atoms with van der Waals surface area (Å²) < 4.78 is 0. The Morgan fingerprint density at radius 2 is 2.13 bits per heavy atom. The third-order valence-corrected chi connectivity index (χ3v) is 3.00. The summed E-state index contributed by atoms with van der Waals surface area (Å²) in [6, 6.07) is 9.64. The van der Waals surface area contributed by atoms with E-state index in [2.05, 4.69) is 23.4 Å². The number of hydrogen-bond donors (Lipinski definition) is 1. The maximum Gasteiger partial charge on any atom is 0.248 e. The van der Waals surface area contributed by atoms with Gasteiger partial charge in [-0.05, 0) is 47.6 Å². The average molecular weight is 219 g/mol. The van der Waals surface area contributed by atoms with Crippen LogP contribution in [0.25, 0.3) is 10.9 Å². The number of aromatic nitrogens is 1. The van der Waals surface area contributed by atoms with Gasteiger partial charge >= 0.3 is 0 Å². The summed E-state index contributed by atoms with van der Waals surface area (Å²) in [5, 5.41) is 1.10. The highest BCUT2D eigenvalue weighted by Crippen LogP contribution is 2.13. The highest BCUT2D eigenvalue weighted by Gasteiger charge is 1.97. The Morgan fingerprint density at radius 3 is 2.93 bits per heavy atom. The standard InChI is InChI=1S/C12H13NOS/c1-15-7-6-9-2-4-11-10(8-9)3-5-12(14)13-11/h2-5,8H,6-7H2,1H3,(H,13,14). The summed E-state index contributed by atoms with van der Waals surface area (Å²) in [5.41, 5.74) is 2.19. The number of aryl methyl sites for hydroxylation is 1. The Morgan fingerprint density at radius 1 is 1.27 bits per heavy atom. The first kappa shape index (κ1) is 10.3. The predicted octanol–water partition coefficient (Wildman–Crippen LogP) is 2.43. The van der Waals surface area contributed by atoms with E-state index < -0.39 is 0 Å². The van der Waals surface area contributed by atoms with E-state index in [0.717, 1.165) is 23.1 Å². The quantitative estimate of drug-likeness (QED) is 0.860. The van der Waals surface area contributed by atoms with Crippen molar-refractivity contribution in [2.75, 3.05) is 12.0 Å². The Hall–Kier alpha value is -1.22. The summed E-state index contributed by atoms with van der Waals surface area (Å²) in [6.07, 6.45) is 3.19.